The molecule has 0 aliphatic heterocycles. The van der Waals surface area contributed by atoms with E-state index in [-0.39, 0.29) is 6.10 Å². The lowest BCUT2D eigenvalue weighted by Crippen LogP contribution is -2.28. The monoisotopic (exact) mass is 248 g/mol. The zero-order valence-corrected chi connectivity index (χ0v) is 10.7. The van der Waals surface area contributed by atoms with E-state index in [4.69, 9.17) is 16.2 Å². The minimum atomic E-state index is -0.462. The Kier molecular flexibility index (Phi) is 3.75. The molecule has 1 fully saturated rings. The summed E-state index contributed by atoms with van der Waals surface area (Å²) >= 11 is 0. The number of nitrogen functional groups attached to an aromatic ring is 1. The molecule has 2 unspecified atom stereocenters. The molecule has 0 aromatic heterocycles. The Balaban J connectivity index is 2.17. The lowest BCUT2D eigenvalue weighted by molar-refractivity contribution is 0.0986. The molecule has 1 aromatic rings. The third-order valence-corrected chi connectivity index (χ3v) is 3.61. The second-order valence-electron chi connectivity index (χ2n) is 5.03. The topological polar surface area (TPSA) is 78.3 Å². The summed E-state index contributed by atoms with van der Waals surface area (Å²) in [5.41, 5.74) is 12.1. The van der Waals surface area contributed by atoms with Crippen LogP contribution >= 0.6 is 0 Å². The molecule has 4 heteroatoms. The fourth-order valence-electron chi connectivity index (χ4n) is 2.41. The van der Waals surface area contributed by atoms with Crippen LogP contribution in [0.15, 0.2) is 18.2 Å². The fraction of sp³-hybridized carbons (Fsp3) is 0.500. The molecule has 1 amide bonds. The molecule has 18 heavy (non-hydrogen) atoms. The van der Waals surface area contributed by atoms with Gasteiger partial charge in [-0.1, -0.05) is 13.3 Å². The fourth-order valence-corrected chi connectivity index (χ4v) is 2.41. The van der Waals surface area contributed by atoms with Crippen LogP contribution in [-0.2, 0) is 0 Å². The van der Waals surface area contributed by atoms with Gasteiger partial charge in [0.25, 0.3) is 0 Å². The molecule has 0 radical (unpaired) electrons. The van der Waals surface area contributed by atoms with Gasteiger partial charge >= 0.3 is 0 Å². The first-order valence-corrected chi connectivity index (χ1v) is 6.44. The lowest BCUT2D eigenvalue weighted by Gasteiger charge is -2.29. The SMILES string of the molecule is CC1CCCCC1Oc1cc(C(N)=O)ccc1N. The Morgan fingerprint density at radius 3 is 2.72 bits per heavy atom. The van der Waals surface area contributed by atoms with Crippen LogP contribution in [0, 0.1) is 5.92 Å². The average molecular weight is 248 g/mol. The Morgan fingerprint density at radius 1 is 1.33 bits per heavy atom. The molecule has 1 aromatic carbocycles. The van der Waals surface area contributed by atoms with Gasteiger partial charge in [0.1, 0.15) is 11.9 Å². The van der Waals surface area contributed by atoms with Crippen molar-refractivity contribution in [1.29, 1.82) is 0 Å². The molecule has 98 valence electrons. The van der Waals surface area contributed by atoms with Crippen LogP contribution in [0.1, 0.15) is 43.0 Å². The average Bonchev–Trinajstić information content (AvgIpc) is 2.34. The largest absolute Gasteiger partial charge is 0.488 e. The first-order valence-electron chi connectivity index (χ1n) is 6.44. The van der Waals surface area contributed by atoms with Gasteiger partial charge in [-0.3, -0.25) is 4.79 Å². The summed E-state index contributed by atoms with van der Waals surface area (Å²) in [5, 5.41) is 0. The van der Waals surface area contributed by atoms with Gasteiger partial charge in [0, 0.05) is 5.56 Å². The van der Waals surface area contributed by atoms with Crippen LogP contribution in [0.25, 0.3) is 0 Å². The summed E-state index contributed by atoms with van der Waals surface area (Å²) in [6.07, 6.45) is 4.85. The second kappa shape index (κ2) is 5.29. The van der Waals surface area contributed by atoms with Gasteiger partial charge in [0.2, 0.25) is 5.91 Å². The number of rotatable bonds is 3. The molecular weight excluding hydrogens is 228 g/mol. The Labute approximate surface area is 107 Å². The van der Waals surface area contributed by atoms with Crippen molar-refractivity contribution in [2.45, 2.75) is 38.7 Å². The molecule has 1 aliphatic rings. The lowest BCUT2D eigenvalue weighted by atomic mass is 9.88. The van der Waals surface area contributed by atoms with Crippen LogP contribution in [0.4, 0.5) is 5.69 Å². The van der Waals surface area contributed by atoms with Gasteiger partial charge in [-0.25, -0.2) is 0 Å². The van der Waals surface area contributed by atoms with Crippen LogP contribution in [0.3, 0.4) is 0 Å². The minimum Gasteiger partial charge on any atom is -0.488 e. The van der Waals surface area contributed by atoms with E-state index >= 15 is 0 Å². The van der Waals surface area contributed by atoms with Crippen molar-refractivity contribution in [3.8, 4) is 5.75 Å². The number of carbonyl (C=O) groups is 1. The minimum absolute atomic E-state index is 0.184. The van der Waals surface area contributed by atoms with Crippen LogP contribution in [0.5, 0.6) is 5.75 Å². The Hall–Kier alpha value is -1.71. The summed E-state index contributed by atoms with van der Waals surface area (Å²) in [7, 11) is 0. The number of nitrogens with two attached hydrogens (primary N) is 2. The zero-order chi connectivity index (χ0) is 13.1. The van der Waals surface area contributed by atoms with Gasteiger partial charge in [-0.2, -0.15) is 0 Å². The number of amides is 1. The third kappa shape index (κ3) is 2.75. The number of anilines is 1. The first-order chi connectivity index (χ1) is 8.58. The zero-order valence-electron chi connectivity index (χ0n) is 10.7. The van der Waals surface area contributed by atoms with Crippen LogP contribution in [-0.4, -0.2) is 12.0 Å². The van der Waals surface area contributed by atoms with Crippen molar-refractivity contribution in [3.05, 3.63) is 23.8 Å². The van der Waals surface area contributed by atoms with E-state index in [0.717, 1.165) is 6.42 Å². The van der Waals surface area contributed by atoms with E-state index in [1.807, 2.05) is 0 Å². The molecule has 1 aliphatic carbocycles. The van der Waals surface area contributed by atoms with Crippen molar-refractivity contribution in [2.75, 3.05) is 5.73 Å². The van der Waals surface area contributed by atoms with Crippen molar-refractivity contribution in [2.24, 2.45) is 11.7 Å². The number of carbonyl (C=O) groups excluding carboxylic acids is 1. The maximum Gasteiger partial charge on any atom is 0.248 e. The maximum absolute atomic E-state index is 11.1. The Bertz CT molecular complexity index is 445. The highest BCUT2D eigenvalue weighted by molar-refractivity contribution is 5.93. The Morgan fingerprint density at radius 2 is 2.06 bits per heavy atom. The molecule has 2 atom stereocenters. The molecule has 0 spiro atoms. The molecule has 0 saturated heterocycles. The molecule has 0 heterocycles. The molecule has 4 N–H and O–H groups in total. The summed E-state index contributed by atoms with van der Waals surface area (Å²) in [4.78, 5) is 11.1. The van der Waals surface area contributed by atoms with E-state index < -0.39 is 5.91 Å². The van der Waals surface area contributed by atoms with Gasteiger partial charge < -0.3 is 16.2 Å². The summed E-state index contributed by atoms with van der Waals surface area (Å²) in [6, 6.07) is 4.93. The van der Waals surface area contributed by atoms with Crippen molar-refractivity contribution < 1.29 is 9.53 Å². The predicted octanol–water partition coefficient (Wildman–Crippen LogP) is 2.33. The molecule has 1 saturated carbocycles. The normalized spacial score (nSPS) is 23.6. The standard InChI is InChI=1S/C14H20N2O2/c1-9-4-2-3-5-12(9)18-13-8-10(14(16)17)6-7-11(13)15/h6-9,12H,2-5,15H2,1H3,(H2,16,17). The number of ether oxygens (including phenoxy) is 1. The highest BCUT2D eigenvalue weighted by Crippen LogP contribution is 2.31. The van der Waals surface area contributed by atoms with Gasteiger partial charge in [0.15, 0.2) is 0 Å². The number of hydrogen-bond donors (Lipinski definition) is 2. The quantitative estimate of drug-likeness (QED) is 0.806. The summed E-state index contributed by atoms with van der Waals surface area (Å²) < 4.78 is 5.96. The van der Waals surface area contributed by atoms with E-state index in [0.29, 0.717) is 22.9 Å². The van der Waals surface area contributed by atoms with Gasteiger partial charge in [-0.05, 0) is 43.4 Å². The molecule has 2 rings (SSSR count). The number of primary amides is 1. The molecular formula is C14H20N2O2. The van der Waals surface area contributed by atoms with E-state index in [2.05, 4.69) is 6.92 Å². The van der Waals surface area contributed by atoms with Crippen molar-refractivity contribution >= 4 is 11.6 Å². The maximum atomic E-state index is 11.1. The van der Waals surface area contributed by atoms with E-state index in [1.54, 1.807) is 18.2 Å². The van der Waals surface area contributed by atoms with Crippen LogP contribution < -0.4 is 16.2 Å². The van der Waals surface area contributed by atoms with Crippen molar-refractivity contribution in [1.82, 2.24) is 0 Å². The predicted molar refractivity (Wildman–Crippen MR) is 71.4 cm³/mol. The smallest absolute Gasteiger partial charge is 0.248 e. The third-order valence-electron chi connectivity index (χ3n) is 3.61. The summed E-state index contributed by atoms with van der Waals surface area (Å²) in [5.74, 6) is 0.636. The van der Waals surface area contributed by atoms with Crippen LogP contribution in [0.2, 0.25) is 0 Å². The molecule has 4 nitrogen and oxygen atoms in total. The van der Waals surface area contributed by atoms with Crippen molar-refractivity contribution in [3.63, 3.8) is 0 Å². The first kappa shape index (κ1) is 12.7. The van der Waals surface area contributed by atoms with E-state index in [9.17, 15) is 4.79 Å². The summed E-state index contributed by atoms with van der Waals surface area (Å²) in [6.45, 7) is 2.19. The second-order valence-corrected chi connectivity index (χ2v) is 5.03. The van der Waals surface area contributed by atoms with Gasteiger partial charge in [0.05, 0.1) is 5.69 Å². The van der Waals surface area contributed by atoms with E-state index in [1.165, 1.54) is 19.3 Å². The molecule has 0 bridgehead atoms. The number of benzene rings is 1. The number of hydrogen-bond acceptors (Lipinski definition) is 3. The van der Waals surface area contributed by atoms with Gasteiger partial charge in [-0.15, -0.1) is 0 Å². The highest BCUT2D eigenvalue weighted by atomic mass is 16.5. The highest BCUT2D eigenvalue weighted by Gasteiger charge is 2.23.